The summed E-state index contributed by atoms with van der Waals surface area (Å²) in [6, 6.07) is 6.50. The van der Waals surface area contributed by atoms with Crippen molar-refractivity contribution in [3.05, 3.63) is 63.5 Å². The second-order valence-electron chi connectivity index (χ2n) is 11.2. The number of anilines is 1. The fourth-order valence-electron chi connectivity index (χ4n) is 4.63. The number of alkyl halides is 2. The normalized spacial score (nSPS) is 14.6. The summed E-state index contributed by atoms with van der Waals surface area (Å²) in [6.07, 6.45) is 1.37. The molecule has 4 aromatic rings. The van der Waals surface area contributed by atoms with Crippen LogP contribution in [0.3, 0.4) is 0 Å². The van der Waals surface area contributed by atoms with Crippen molar-refractivity contribution in [3.63, 3.8) is 0 Å². The quantitative estimate of drug-likeness (QED) is 0.154. The Morgan fingerprint density at radius 1 is 1.23 bits per heavy atom. The molecule has 230 valence electrons. The van der Waals surface area contributed by atoms with Gasteiger partial charge in [-0.3, -0.25) is 19.8 Å². The Balaban J connectivity index is 1.44. The number of nitro benzene ring substituents is 1. The number of aromatic nitrogens is 4. The lowest BCUT2D eigenvalue weighted by Crippen LogP contribution is -2.40. The van der Waals surface area contributed by atoms with E-state index in [1.807, 2.05) is 0 Å². The fraction of sp³-hybridized carbons (Fsp3) is 0.321. The van der Waals surface area contributed by atoms with Gasteiger partial charge in [-0.25, -0.2) is 23.4 Å². The summed E-state index contributed by atoms with van der Waals surface area (Å²) < 4.78 is 39.5. The molecule has 0 aliphatic heterocycles. The summed E-state index contributed by atoms with van der Waals surface area (Å²) in [6.45, 7) is 4.93. The van der Waals surface area contributed by atoms with E-state index in [1.165, 1.54) is 26.8 Å². The summed E-state index contributed by atoms with van der Waals surface area (Å²) >= 11 is 3.47. The first-order valence-corrected chi connectivity index (χ1v) is 14.0. The van der Waals surface area contributed by atoms with Crippen molar-refractivity contribution in [2.24, 2.45) is 5.92 Å². The highest BCUT2D eigenvalue weighted by atomic mass is 79.9. The molecule has 1 aliphatic rings. The number of imide groups is 1. The van der Waals surface area contributed by atoms with Crippen LogP contribution in [0.1, 0.15) is 33.6 Å². The Labute approximate surface area is 256 Å². The molecule has 1 aliphatic carbocycles. The average Bonchev–Trinajstić information content (AvgIpc) is 3.36. The highest BCUT2D eigenvalue weighted by Crippen LogP contribution is 2.43. The van der Waals surface area contributed by atoms with Crippen LogP contribution in [-0.4, -0.2) is 53.5 Å². The van der Waals surface area contributed by atoms with Crippen LogP contribution in [0.15, 0.2) is 53.4 Å². The van der Waals surface area contributed by atoms with Crippen molar-refractivity contribution in [3.8, 4) is 22.8 Å². The number of carbonyl (C=O) groups is 2. The summed E-state index contributed by atoms with van der Waals surface area (Å²) in [5.41, 5.74) is -0.317. The smallest absolute Gasteiger partial charge is 0.424 e. The van der Waals surface area contributed by atoms with Crippen LogP contribution < -0.4 is 9.64 Å². The maximum atomic E-state index is 13.2. The summed E-state index contributed by atoms with van der Waals surface area (Å²) in [5.74, 6) is -2.57. The molecule has 1 saturated carbocycles. The molecular weight excluding hydrogens is 650 g/mol. The Morgan fingerprint density at radius 2 is 1.95 bits per heavy atom. The van der Waals surface area contributed by atoms with Gasteiger partial charge < -0.3 is 14.6 Å². The van der Waals surface area contributed by atoms with Crippen molar-refractivity contribution >= 4 is 50.5 Å². The average molecular weight is 675 g/mol. The standard InChI is InChI=1S/C28H25BrF2N6O7/c1-27(2,3)44-26(40)36(25(38)39)21-8-17(4-6-20(21)37(41)42)43-22-7-5-18-24(23(22)29)34-19(12-32-18)16-11-33-35(14-16)13-15-9-28(30,31)10-15/h4-8,11-12,14-15H,9-10,13H2,1-3H3,(H,38,39). The van der Waals surface area contributed by atoms with Crippen LogP contribution >= 0.6 is 15.9 Å². The largest absolute Gasteiger partial charge is 0.464 e. The van der Waals surface area contributed by atoms with Gasteiger partial charge in [-0.05, 0) is 60.8 Å². The summed E-state index contributed by atoms with van der Waals surface area (Å²) in [5, 5.41) is 25.7. The number of carboxylic acid groups (broad SMARTS) is 1. The van der Waals surface area contributed by atoms with E-state index in [1.54, 1.807) is 35.4 Å². The Kier molecular flexibility index (Phi) is 7.96. The number of rotatable bonds is 7. The third-order valence-electron chi connectivity index (χ3n) is 6.55. The highest BCUT2D eigenvalue weighted by molar-refractivity contribution is 9.10. The van der Waals surface area contributed by atoms with Gasteiger partial charge in [0.05, 0.1) is 33.0 Å². The molecule has 1 N–H and O–H groups in total. The van der Waals surface area contributed by atoms with Crippen molar-refractivity contribution in [2.75, 3.05) is 4.90 Å². The predicted molar refractivity (Wildman–Crippen MR) is 156 cm³/mol. The Morgan fingerprint density at radius 3 is 2.59 bits per heavy atom. The molecule has 44 heavy (non-hydrogen) atoms. The van der Waals surface area contributed by atoms with E-state index in [0.29, 0.717) is 33.3 Å². The van der Waals surface area contributed by atoms with Crippen molar-refractivity contribution in [2.45, 2.75) is 51.7 Å². The zero-order valence-electron chi connectivity index (χ0n) is 23.5. The molecule has 2 aromatic heterocycles. The molecule has 2 amide bonds. The molecule has 16 heteroatoms. The second kappa shape index (κ2) is 11.4. The van der Waals surface area contributed by atoms with E-state index < -0.39 is 40.0 Å². The number of nitrogens with zero attached hydrogens (tertiary/aromatic N) is 6. The number of nitro groups is 1. The van der Waals surface area contributed by atoms with Gasteiger partial charge in [0.15, 0.2) is 0 Å². The fourth-order valence-corrected chi connectivity index (χ4v) is 5.14. The topological polar surface area (TPSA) is 163 Å². The number of hydrogen-bond donors (Lipinski definition) is 1. The molecule has 0 spiro atoms. The molecule has 5 rings (SSSR count). The maximum Gasteiger partial charge on any atom is 0.424 e. The monoisotopic (exact) mass is 674 g/mol. The lowest BCUT2D eigenvalue weighted by atomic mass is 9.81. The van der Waals surface area contributed by atoms with Gasteiger partial charge in [0, 0.05) is 43.3 Å². The van der Waals surface area contributed by atoms with E-state index in [0.717, 1.165) is 12.1 Å². The number of amides is 2. The van der Waals surface area contributed by atoms with Gasteiger partial charge in [0.2, 0.25) is 5.92 Å². The van der Waals surface area contributed by atoms with Crippen LogP contribution in [-0.2, 0) is 11.3 Å². The molecule has 0 unspecified atom stereocenters. The molecule has 1 fully saturated rings. The number of hydrogen-bond acceptors (Lipinski definition) is 9. The third kappa shape index (κ3) is 6.59. The van der Waals surface area contributed by atoms with Crippen molar-refractivity contribution in [1.29, 1.82) is 0 Å². The SMILES string of the molecule is CC(C)(C)OC(=O)N(C(=O)O)c1cc(Oc2ccc3ncc(-c4cnn(CC5CC(F)(F)C5)c4)nc3c2Br)ccc1[N+](=O)[O-]. The van der Waals surface area contributed by atoms with Crippen molar-refractivity contribution < 1.29 is 37.9 Å². The minimum atomic E-state index is -2.61. The van der Waals surface area contributed by atoms with Crippen LogP contribution in [0.2, 0.25) is 0 Å². The minimum Gasteiger partial charge on any atom is -0.464 e. The molecule has 0 bridgehead atoms. The van der Waals surface area contributed by atoms with Crippen molar-refractivity contribution in [1.82, 2.24) is 19.7 Å². The molecular formula is C28H25BrF2N6O7. The predicted octanol–water partition coefficient (Wildman–Crippen LogP) is 7.42. The number of fused-ring (bicyclic) bond motifs is 1. The number of benzene rings is 2. The van der Waals surface area contributed by atoms with Crippen LogP contribution in [0.25, 0.3) is 22.3 Å². The molecule has 2 aromatic carbocycles. The van der Waals surface area contributed by atoms with Crippen LogP contribution in [0.5, 0.6) is 11.5 Å². The first-order valence-electron chi connectivity index (χ1n) is 13.2. The van der Waals surface area contributed by atoms with E-state index in [-0.39, 0.29) is 35.2 Å². The van der Waals surface area contributed by atoms with E-state index in [2.05, 4.69) is 31.0 Å². The van der Waals surface area contributed by atoms with Gasteiger partial charge in [0.1, 0.15) is 28.3 Å². The lowest BCUT2D eigenvalue weighted by molar-refractivity contribution is -0.384. The zero-order valence-corrected chi connectivity index (χ0v) is 25.1. The van der Waals surface area contributed by atoms with Gasteiger partial charge >= 0.3 is 12.2 Å². The van der Waals surface area contributed by atoms with Gasteiger partial charge in [-0.15, -0.1) is 0 Å². The number of halogens is 3. The minimum absolute atomic E-state index is 0.0209. The maximum absolute atomic E-state index is 13.2. The van der Waals surface area contributed by atoms with E-state index in [9.17, 15) is 33.6 Å². The zero-order chi connectivity index (χ0) is 32.0. The Bertz CT molecular complexity index is 1780. The number of ether oxygens (including phenoxy) is 2. The lowest BCUT2D eigenvalue weighted by Gasteiger charge is -2.34. The van der Waals surface area contributed by atoms with Crippen LogP contribution in [0, 0.1) is 16.0 Å². The first-order chi connectivity index (χ1) is 20.6. The van der Waals surface area contributed by atoms with Crippen LogP contribution in [0.4, 0.5) is 29.7 Å². The molecule has 13 nitrogen and oxygen atoms in total. The first kappa shape index (κ1) is 30.7. The molecule has 2 heterocycles. The Hall–Kier alpha value is -4.73. The molecule has 0 atom stereocenters. The third-order valence-corrected chi connectivity index (χ3v) is 7.31. The van der Waals surface area contributed by atoms with E-state index in [4.69, 9.17) is 9.47 Å². The van der Waals surface area contributed by atoms with Gasteiger partial charge in [0.25, 0.3) is 5.69 Å². The van der Waals surface area contributed by atoms with Gasteiger partial charge in [-0.2, -0.15) is 10.00 Å². The highest BCUT2D eigenvalue weighted by Gasteiger charge is 2.45. The molecule has 0 radical (unpaired) electrons. The van der Waals surface area contributed by atoms with E-state index >= 15 is 0 Å². The number of carbonyl (C=O) groups excluding carboxylic acids is 1. The summed E-state index contributed by atoms with van der Waals surface area (Å²) in [7, 11) is 0. The van der Waals surface area contributed by atoms with Gasteiger partial charge in [-0.1, -0.05) is 0 Å². The summed E-state index contributed by atoms with van der Waals surface area (Å²) in [4.78, 5) is 44.8. The molecule has 0 saturated heterocycles. The second-order valence-corrected chi connectivity index (χ2v) is 12.0.